The summed E-state index contributed by atoms with van der Waals surface area (Å²) in [7, 11) is -3.41. The van der Waals surface area contributed by atoms with Crippen molar-refractivity contribution < 1.29 is 13.2 Å². The number of amides is 1. The van der Waals surface area contributed by atoms with Crippen LogP contribution in [0.1, 0.15) is 25.3 Å². The Labute approximate surface area is 118 Å². The van der Waals surface area contributed by atoms with Gasteiger partial charge >= 0.3 is 0 Å². The van der Waals surface area contributed by atoms with Crippen molar-refractivity contribution in [1.29, 1.82) is 0 Å². The third-order valence-electron chi connectivity index (χ3n) is 2.82. The quantitative estimate of drug-likeness (QED) is 0.787. The molecular formula is C14H16N2O3S. The van der Waals surface area contributed by atoms with E-state index >= 15 is 0 Å². The first-order valence-electron chi connectivity index (χ1n) is 6.33. The molecule has 1 aliphatic carbocycles. The van der Waals surface area contributed by atoms with Gasteiger partial charge in [0.1, 0.15) is 0 Å². The zero-order chi connectivity index (χ0) is 14.6. The summed E-state index contributed by atoms with van der Waals surface area (Å²) in [6.45, 7) is 1.91. The van der Waals surface area contributed by atoms with Gasteiger partial charge in [-0.3, -0.25) is 4.79 Å². The summed E-state index contributed by atoms with van der Waals surface area (Å²) in [4.78, 5) is 11.4. The maximum atomic E-state index is 11.9. The third-order valence-corrected chi connectivity index (χ3v) is 4.36. The van der Waals surface area contributed by atoms with Gasteiger partial charge in [0.15, 0.2) is 0 Å². The molecule has 20 heavy (non-hydrogen) atoms. The van der Waals surface area contributed by atoms with E-state index < -0.39 is 10.0 Å². The summed E-state index contributed by atoms with van der Waals surface area (Å²) in [6, 6.07) is 6.53. The van der Waals surface area contributed by atoms with Crippen molar-refractivity contribution in [3.63, 3.8) is 0 Å². The van der Waals surface area contributed by atoms with Gasteiger partial charge in [0.05, 0.1) is 4.90 Å². The van der Waals surface area contributed by atoms with Crippen molar-refractivity contribution in [3.8, 4) is 11.8 Å². The molecule has 0 bridgehead atoms. The number of nitrogens with one attached hydrogen (secondary N) is 2. The Kier molecular flexibility index (Phi) is 4.42. The Hall–Kier alpha value is -1.84. The highest BCUT2D eigenvalue weighted by atomic mass is 32.2. The Bertz CT molecular complexity index is 650. The molecular weight excluding hydrogens is 276 g/mol. The Morgan fingerprint density at radius 3 is 2.50 bits per heavy atom. The van der Waals surface area contributed by atoms with Crippen molar-refractivity contribution in [2.75, 3.05) is 0 Å². The minimum absolute atomic E-state index is 0.0894. The Morgan fingerprint density at radius 1 is 1.30 bits per heavy atom. The van der Waals surface area contributed by atoms with Gasteiger partial charge in [0.25, 0.3) is 5.91 Å². The van der Waals surface area contributed by atoms with Crippen LogP contribution in [0.2, 0.25) is 0 Å². The second kappa shape index (κ2) is 6.07. The molecule has 1 amide bonds. The molecule has 2 N–H and O–H groups in total. The van der Waals surface area contributed by atoms with Crippen LogP contribution in [0.3, 0.4) is 0 Å². The second-order valence-electron chi connectivity index (χ2n) is 4.60. The summed E-state index contributed by atoms with van der Waals surface area (Å²) in [5.41, 5.74) is 0.821. The number of carbonyl (C=O) groups is 1. The number of hydrogen-bond donors (Lipinski definition) is 2. The van der Waals surface area contributed by atoms with E-state index in [1.54, 1.807) is 19.1 Å². The number of hydrogen-bond acceptors (Lipinski definition) is 3. The molecule has 5 nitrogen and oxygen atoms in total. The summed E-state index contributed by atoms with van der Waals surface area (Å²) in [5, 5.41) is 2.62. The first-order valence-corrected chi connectivity index (χ1v) is 7.81. The van der Waals surface area contributed by atoms with Gasteiger partial charge in [0, 0.05) is 12.6 Å². The molecule has 0 saturated heterocycles. The summed E-state index contributed by atoms with van der Waals surface area (Å²) in [6.07, 6.45) is 1.81. The van der Waals surface area contributed by atoms with E-state index in [1.165, 1.54) is 12.1 Å². The molecule has 2 rings (SSSR count). The zero-order valence-electron chi connectivity index (χ0n) is 11.1. The monoisotopic (exact) mass is 292 g/mol. The molecule has 0 aliphatic heterocycles. The van der Waals surface area contributed by atoms with Crippen LogP contribution in [0.15, 0.2) is 29.2 Å². The predicted octanol–water partition coefficient (Wildman–Crippen LogP) is 0.767. The Balaban J connectivity index is 1.98. The van der Waals surface area contributed by atoms with Crippen molar-refractivity contribution in [3.05, 3.63) is 29.8 Å². The number of rotatable bonds is 5. The van der Waals surface area contributed by atoms with Crippen LogP contribution in [-0.4, -0.2) is 20.4 Å². The lowest BCUT2D eigenvalue weighted by Crippen LogP contribution is -2.25. The number of carbonyl (C=O) groups excluding carboxylic acids is 1. The molecule has 0 aromatic heterocycles. The Morgan fingerprint density at radius 2 is 1.95 bits per heavy atom. The lowest BCUT2D eigenvalue weighted by atomic mass is 10.2. The number of benzene rings is 1. The fourth-order valence-corrected chi connectivity index (χ4v) is 2.92. The first-order chi connectivity index (χ1) is 9.51. The first kappa shape index (κ1) is 14.6. The molecule has 106 valence electrons. The number of sulfonamides is 1. The molecule has 1 fully saturated rings. The zero-order valence-corrected chi connectivity index (χ0v) is 12.0. The third kappa shape index (κ3) is 4.08. The van der Waals surface area contributed by atoms with E-state index in [4.69, 9.17) is 0 Å². The van der Waals surface area contributed by atoms with Crippen molar-refractivity contribution >= 4 is 15.9 Å². The van der Waals surface area contributed by atoms with Crippen LogP contribution in [0, 0.1) is 11.8 Å². The van der Waals surface area contributed by atoms with Gasteiger partial charge in [-0.05, 0) is 43.4 Å². The molecule has 1 aromatic rings. The molecule has 0 radical (unpaired) electrons. The fraction of sp³-hybridized carbons (Fsp3) is 0.357. The summed E-state index contributed by atoms with van der Waals surface area (Å²) in [5.74, 6) is 4.53. The lowest BCUT2D eigenvalue weighted by molar-refractivity contribution is -0.115. The van der Waals surface area contributed by atoms with Crippen molar-refractivity contribution in [2.24, 2.45) is 0 Å². The molecule has 1 saturated carbocycles. The van der Waals surface area contributed by atoms with Crippen molar-refractivity contribution in [1.82, 2.24) is 10.0 Å². The van der Waals surface area contributed by atoms with Crippen LogP contribution in [0.5, 0.6) is 0 Å². The lowest BCUT2D eigenvalue weighted by Gasteiger charge is -2.07. The van der Waals surface area contributed by atoms with E-state index in [0.29, 0.717) is 6.54 Å². The normalized spacial score (nSPS) is 14.2. The largest absolute Gasteiger partial charge is 0.341 e. The van der Waals surface area contributed by atoms with Gasteiger partial charge in [-0.1, -0.05) is 18.1 Å². The maximum absolute atomic E-state index is 11.9. The van der Waals surface area contributed by atoms with Gasteiger partial charge in [-0.2, -0.15) is 0 Å². The summed E-state index contributed by atoms with van der Waals surface area (Å²) < 4.78 is 26.5. The average Bonchev–Trinajstić information content (AvgIpc) is 3.20. The van der Waals surface area contributed by atoms with Crippen LogP contribution < -0.4 is 10.0 Å². The van der Waals surface area contributed by atoms with Crippen LogP contribution in [-0.2, 0) is 21.4 Å². The molecule has 0 heterocycles. The topological polar surface area (TPSA) is 75.3 Å². The van der Waals surface area contributed by atoms with E-state index in [-0.39, 0.29) is 16.8 Å². The molecule has 0 spiro atoms. The van der Waals surface area contributed by atoms with E-state index in [0.717, 1.165) is 18.4 Å². The molecule has 0 unspecified atom stereocenters. The highest BCUT2D eigenvalue weighted by molar-refractivity contribution is 7.89. The average molecular weight is 292 g/mol. The molecule has 1 aromatic carbocycles. The molecule has 0 atom stereocenters. The minimum Gasteiger partial charge on any atom is -0.341 e. The minimum atomic E-state index is -3.41. The van der Waals surface area contributed by atoms with Gasteiger partial charge in [0.2, 0.25) is 10.0 Å². The van der Waals surface area contributed by atoms with E-state index in [1.807, 2.05) is 0 Å². The predicted molar refractivity (Wildman–Crippen MR) is 75.1 cm³/mol. The van der Waals surface area contributed by atoms with Gasteiger partial charge in [-0.25, -0.2) is 13.1 Å². The van der Waals surface area contributed by atoms with E-state index in [2.05, 4.69) is 21.9 Å². The summed E-state index contributed by atoms with van der Waals surface area (Å²) >= 11 is 0. The van der Waals surface area contributed by atoms with Crippen LogP contribution >= 0.6 is 0 Å². The van der Waals surface area contributed by atoms with E-state index in [9.17, 15) is 13.2 Å². The van der Waals surface area contributed by atoms with Crippen molar-refractivity contribution in [2.45, 2.75) is 37.2 Å². The fourth-order valence-electron chi connectivity index (χ4n) is 1.62. The smallest absolute Gasteiger partial charge is 0.296 e. The second-order valence-corrected chi connectivity index (χ2v) is 6.31. The van der Waals surface area contributed by atoms with Crippen LogP contribution in [0.25, 0.3) is 0 Å². The SMILES string of the molecule is CC#CC(=O)NCc1ccc(S(=O)(=O)NC2CC2)cc1. The van der Waals surface area contributed by atoms with Crippen LogP contribution in [0.4, 0.5) is 0 Å². The highest BCUT2D eigenvalue weighted by Crippen LogP contribution is 2.22. The standard InChI is InChI=1S/C14H16N2O3S/c1-2-3-14(17)15-10-11-4-8-13(9-5-11)20(18,19)16-12-6-7-12/h4-5,8-9,12,16H,6-7,10H2,1H3,(H,15,17). The maximum Gasteiger partial charge on any atom is 0.296 e. The van der Waals surface area contributed by atoms with Gasteiger partial charge < -0.3 is 5.32 Å². The highest BCUT2D eigenvalue weighted by Gasteiger charge is 2.27. The molecule has 1 aliphatic rings. The molecule has 6 heteroatoms. The van der Waals surface area contributed by atoms with Gasteiger partial charge in [-0.15, -0.1) is 0 Å².